The summed E-state index contributed by atoms with van der Waals surface area (Å²) in [5, 5.41) is 9.84. The van der Waals surface area contributed by atoms with Gasteiger partial charge in [0, 0.05) is 37.0 Å². The summed E-state index contributed by atoms with van der Waals surface area (Å²) in [5.41, 5.74) is 2.04. The van der Waals surface area contributed by atoms with Crippen LogP contribution in [0.2, 0.25) is 5.02 Å². The van der Waals surface area contributed by atoms with Crippen molar-refractivity contribution >= 4 is 39.7 Å². The van der Waals surface area contributed by atoms with Crippen LogP contribution in [0.5, 0.6) is 11.5 Å². The lowest BCUT2D eigenvalue weighted by molar-refractivity contribution is 0.0697. The lowest BCUT2D eigenvalue weighted by atomic mass is 9.83. The minimum Gasteiger partial charge on any atom is -0.478 e. The maximum absolute atomic E-state index is 14.9. The zero-order valence-electron chi connectivity index (χ0n) is 24.2. The largest absolute Gasteiger partial charge is 0.478 e. The first-order chi connectivity index (χ1) is 21.1. The molecule has 1 aliphatic heterocycles. The van der Waals surface area contributed by atoms with E-state index in [4.69, 9.17) is 16.3 Å². The molecule has 10 heteroatoms. The van der Waals surface area contributed by atoms with Crippen LogP contribution in [-0.2, 0) is 0 Å². The molecule has 1 atom stereocenters. The van der Waals surface area contributed by atoms with E-state index in [1.165, 1.54) is 30.7 Å². The number of halogens is 2. The highest BCUT2D eigenvalue weighted by molar-refractivity contribution is 8.22. The summed E-state index contributed by atoms with van der Waals surface area (Å²) >= 11 is 6.20. The molecule has 0 bridgehead atoms. The fourth-order valence-electron chi connectivity index (χ4n) is 6.35. The van der Waals surface area contributed by atoms with Crippen LogP contribution in [0.4, 0.5) is 15.8 Å². The van der Waals surface area contributed by atoms with Crippen molar-refractivity contribution < 1.29 is 28.1 Å². The van der Waals surface area contributed by atoms with Crippen LogP contribution in [0.3, 0.4) is 0 Å². The Morgan fingerprint density at radius 1 is 0.932 bits per heavy atom. The van der Waals surface area contributed by atoms with Crippen molar-refractivity contribution in [3.63, 3.8) is 0 Å². The zero-order chi connectivity index (χ0) is 31.0. The standard InChI is InChI=1S/C34H34ClFN2O5S/c1-37-30(22-10-4-2-5-11-22)21-38(24-12-6-3-7-13-24)29-20-32(43-31-15-9-8-14-28(31)36)25(19-33(29)44(37,41)42)23-16-17-27(35)26(18-23)34(39)40/h3,6-9,12-20,22,30,41-42H,2,4-5,10-11,21H2,1H3,(H,39,40). The second-order valence-corrected chi connectivity index (χ2v) is 13.8. The molecule has 44 heavy (non-hydrogen) atoms. The summed E-state index contributed by atoms with van der Waals surface area (Å²) in [4.78, 5) is 14.3. The highest BCUT2D eigenvalue weighted by atomic mass is 35.5. The molecule has 0 amide bonds. The monoisotopic (exact) mass is 636 g/mol. The number of benzene rings is 4. The van der Waals surface area contributed by atoms with Crippen LogP contribution >= 0.6 is 22.4 Å². The number of carboxylic acids is 1. The van der Waals surface area contributed by atoms with Gasteiger partial charge in [-0.3, -0.25) is 9.11 Å². The molecule has 1 heterocycles. The van der Waals surface area contributed by atoms with E-state index >= 15 is 0 Å². The van der Waals surface area contributed by atoms with Crippen molar-refractivity contribution in [3.05, 3.63) is 101 Å². The molecule has 0 saturated heterocycles. The fraction of sp³-hybridized carbons (Fsp3) is 0.265. The molecule has 0 radical (unpaired) electrons. The van der Waals surface area contributed by atoms with Crippen molar-refractivity contribution in [2.75, 3.05) is 18.5 Å². The lowest BCUT2D eigenvalue weighted by Gasteiger charge is -2.46. The third kappa shape index (κ3) is 5.78. The van der Waals surface area contributed by atoms with Gasteiger partial charge < -0.3 is 14.7 Å². The van der Waals surface area contributed by atoms with E-state index in [1.807, 2.05) is 30.3 Å². The SMILES string of the molecule is CN1C(C2CCCCC2)CN(c2ccccc2)c2cc(Oc3ccccc3F)c(-c3ccc(Cl)c(C(=O)O)c3)cc2S1(O)O. The number of fused-ring (bicyclic) bond motifs is 1. The highest BCUT2D eigenvalue weighted by Gasteiger charge is 2.41. The number of hydrogen-bond donors (Lipinski definition) is 3. The third-order valence-electron chi connectivity index (χ3n) is 8.71. The van der Waals surface area contributed by atoms with E-state index in [2.05, 4.69) is 4.90 Å². The summed E-state index contributed by atoms with van der Waals surface area (Å²) in [5.74, 6) is -1.31. The van der Waals surface area contributed by atoms with Gasteiger partial charge >= 0.3 is 5.97 Å². The number of carboxylic acid groups (broad SMARTS) is 1. The van der Waals surface area contributed by atoms with Gasteiger partial charge in [0.25, 0.3) is 0 Å². The van der Waals surface area contributed by atoms with Gasteiger partial charge in [-0.2, -0.15) is 4.31 Å². The van der Waals surface area contributed by atoms with Crippen LogP contribution in [0, 0.1) is 11.7 Å². The number of para-hydroxylation sites is 2. The molecule has 3 N–H and O–H groups in total. The molecular formula is C34H34ClFN2O5S. The van der Waals surface area contributed by atoms with Gasteiger partial charge in [0.1, 0.15) is 5.75 Å². The Hall–Kier alpha value is -3.60. The Morgan fingerprint density at radius 3 is 2.34 bits per heavy atom. The second-order valence-electron chi connectivity index (χ2n) is 11.3. The molecule has 6 rings (SSSR count). The predicted molar refractivity (Wildman–Crippen MR) is 173 cm³/mol. The van der Waals surface area contributed by atoms with Gasteiger partial charge in [-0.25, -0.2) is 9.18 Å². The van der Waals surface area contributed by atoms with Gasteiger partial charge in [0.05, 0.1) is 21.2 Å². The molecule has 2 aliphatic rings. The van der Waals surface area contributed by atoms with Gasteiger partial charge in [0.2, 0.25) is 0 Å². The Morgan fingerprint density at radius 2 is 1.64 bits per heavy atom. The van der Waals surface area contributed by atoms with E-state index in [1.54, 1.807) is 41.7 Å². The van der Waals surface area contributed by atoms with Crippen LogP contribution in [0.25, 0.3) is 11.1 Å². The van der Waals surface area contributed by atoms with E-state index in [0.717, 1.165) is 31.4 Å². The van der Waals surface area contributed by atoms with E-state index in [-0.39, 0.29) is 38.9 Å². The first-order valence-corrected chi connectivity index (χ1v) is 16.5. The molecule has 4 aromatic rings. The van der Waals surface area contributed by atoms with Gasteiger partial charge in [-0.15, -0.1) is 10.8 Å². The van der Waals surface area contributed by atoms with Crippen molar-refractivity contribution in [2.24, 2.45) is 5.92 Å². The van der Waals surface area contributed by atoms with Crippen LogP contribution in [0.1, 0.15) is 42.5 Å². The maximum Gasteiger partial charge on any atom is 0.337 e. The number of rotatable bonds is 6. The molecule has 1 aliphatic carbocycles. The molecule has 1 fully saturated rings. The van der Waals surface area contributed by atoms with E-state index in [0.29, 0.717) is 23.4 Å². The number of ether oxygens (including phenoxy) is 1. The van der Waals surface area contributed by atoms with Crippen molar-refractivity contribution in [1.82, 2.24) is 4.31 Å². The average molecular weight is 637 g/mol. The Kier molecular flexibility index (Phi) is 8.59. The van der Waals surface area contributed by atoms with Gasteiger partial charge in [-0.05, 0) is 66.8 Å². The van der Waals surface area contributed by atoms with E-state index in [9.17, 15) is 23.4 Å². The summed E-state index contributed by atoms with van der Waals surface area (Å²) in [6.07, 6.45) is 5.36. The Bertz CT molecular complexity index is 1680. The first-order valence-electron chi connectivity index (χ1n) is 14.6. The maximum atomic E-state index is 14.9. The molecule has 0 aromatic heterocycles. The van der Waals surface area contributed by atoms with Gasteiger partial charge in [0.15, 0.2) is 11.6 Å². The lowest BCUT2D eigenvalue weighted by Crippen LogP contribution is -2.45. The minimum absolute atomic E-state index is 0.0233. The predicted octanol–water partition coefficient (Wildman–Crippen LogP) is 9.69. The Labute approximate surface area is 262 Å². The minimum atomic E-state index is -3.54. The number of carbonyl (C=O) groups is 1. The molecule has 230 valence electrons. The summed E-state index contributed by atoms with van der Waals surface area (Å²) < 4.78 is 46.9. The molecule has 1 unspecified atom stereocenters. The highest BCUT2D eigenvalue weighted by Crippen LogP contribution is 2.61. The van der Waals surface area contributed by atoms with Crippen molar-refractivity contribution in [1.29, 1.82) is 0 Å². The van der Waals surface area contributed by atoms with Crippen LogP contribution in [0.15, 0.2) is 89.8 Å². The smallest absolute Gasteiger partial charge is 0.337 e. The van der Waals surface area contributed by atoms with Gasteiger partial charge in [-0.1, -0.05) is 67.3 Å². The Balaban J connectivity index is 1.60. The first kappa shape index (κ1) is 30.4. The number of aromatic carboxylic acids is 1. The molecule has 1 saturated carbocycles. The summed E-state index contributed by atoms with van der Waals surface area (Å²) in [7, 11) is -1.77. The number of anilines is 2. The summed E-state index contributed by atoms with van der Waals surface area (Å²) in [6, 6.07) is 23.4. The second kappa shape index (κ2) is 12.4. The van der Waals surface area contributed by atoms with E-state index < -0.39 is 22.6 Å². The number of likely N-dealkylation sites (N-methyl/N-ethyl adjacent to an activating group) is 1. The number of hydrogen-bond acceptors (Lipinski definition) is 6. The summed E-state index contributed by atoms with van der Waals surface area (Å²) in [6.45, 7) is 0.497. The topological polar surface area (TPSA) is 93.5 Å². The molecule has 7 nitrogen and oxygen atoms in total. The van der Waals surface area contributed by atoms with Crippen LogP contribution in [-0.4, -0.2) is 44.1 Å². The normalized spacial score (nSPS) is 19.6. The average Bonchev–Trinajstić information content (AvgIpc) is 3.11. The molecule has 4 aromatic carbocycles. The third-order valence-corrected chi connectivity index (χ3v) is 11.0. The van der Waals surface area contributed by atoms with Crippen molar-refractivity contribution in [3.8, 4) is 22.6 Å². The zero-order valence-corrected chi connectivity index (χ0v) is 25.8. The van der Waals surface area contributed by atoms with Crippen LogP contribution < -0.4 is 9.64 Å². The quantitative estimate of drug-likeness (QED) is 0.194. The van der Waals surface area contributed by atoms with Crippen molar-refractivity contribution in [2.45, 2.75) is 43.0 Å². The fourth-order valence-corrected chi connectivity index (χ4v) is 8.20. The molecular weight excluding hydrogens is 603 g/mol. The molecule has 0 spiro atoms. The number of nitrogens with zero attached hydrogens (tertiary/aromatic N) is 2.